The molecule has 0 aliphatic carbocycles. The summed E-state index contributed by atoms with van der Waals surface area (Å²) in [6, 6.07) is 6.74. The van der Waals surface area contributed by atoms with Crippen molar-refractivity contribution < 1.29 is 0 Å². The van der Waals surface area contributed by atoms with Crippen LogP contribution in [0.5, 0.6) is 0 Å². The van der Waals surface area contributed by atoms with Gasteiger partial charge < -0.3 is 5.32 Å². The fourth-order valence-electron chi connectivity index (χ4n) is 1.89. The van der Waals surface area contributed by atoms with Crippen molar-refractivity contribution in [1.29, 1.82) is 0 Å². The number of aryl methyl sites for hydroxylation is 1. The number of hydrogen-bond donors (Lipinski definition) is 1. The highest BCUT2D eigenvalue weighted by Crippen LogP contribution is 2.30. The lowest BCUT2D eigenvalue weighted by molar-refractivity contribution is 0.647. The van der Waals surface area contributed by atoms with Crippen molar-refractivity contribution in [1.82, 2.24) is 5.32 Å². The molecule has 0 saturated carbocycles. The van der Waals surface area contributed by atoms with Crippen molar-refractivity contribution in [3.05, 3.63) is 34.3 Å². The zero-order valence-electron chi connectivity index (χ0n) is 8.22. The highest BCUT2D eigenvalue weighted by atomic mass is 35.5. The molecular formula is C11H15Cl2N. The first-order chi connectivity index (χ1) is 6.29. The van der Waals surface area contributed by atoms with Gasteiger partial charge >= 0.3 is 0 Å². The molecule has 3 heteroatoms. The summed E-state index contributed by atoms with van der Waals surface area (Å²) in [7, 11) is 0. The van der Waals surface area contributed by atoms with E-state index in [1.165, 1.54) is 24.0 Å². The van der Waals surface area contributed by atoms with Gasteiger partial charge in [-0.3, -0.25) is 0 Å². The lowest BCUT2D eigenvalue weighted by Crippen LogP contribution is -2.13. The first-order valence-electron chi connectivity index (χ1n) is 4.77. The van der Waals surface area contributed by atoms with Crippen molar-refractivity contribution in [3.8, 4) is 0 Å². The topological polar surface area (TPSA) is 12.0 Å². The largest absolute Gasteiger partial charge is 0.310 e. The van der Waals surface area contributed by atoms with Gasteiger partial charge in [-0.25, -0.2) is 0 Å². The Balaban J connectivity index is 0.000000980. The minimum Gasteiger partial charge on any atom is -0.310 e. The van der Waals surface area contributed by atoms with E-state index in [4.69, 9.17) is 11.6 Å². The molecule has 1 fully saturated rings. The van der Waals surface area contributed by atoms with E-state index in [1.54, 1.807) is 0 Å². The van der Waals surface area contributed by atoms with Gasteiger partial charge in [0.2, 0.25) is 0 Å². The molecular weight excluding hydrogens is 217 g/mol. The maximum absolute atomic E-state index is 6.23. The summed E-state index contributed by atoms with van der Waals surface area (Å²) < 4.78 is 0. The summed E-state index contributed by atoms with van der Waals surface area (Å²) in [6.45, 7) is 3.18. The molecule has 1 aliphatic rings. The number of halogens is 2. The lowest BCUT2D eigenvalue weighted by Gasteiger charge is -2.13. The number of hydrogen-bond acceptors (Lipinski definition) is 1. The minimum atomic E-state index is 0. The van der Waals surface area contributed by atoms with E-state index in [9.17, 15) is 0 Å². The van der Waals surface area contributed by atoms with Crippen LogP contribution in [0, 0.1) is 6.92 Å². The summed E-state index contributed by atoms with van der Waals surface area (Å²) in [4.78, 5) is 0. The summed E-state index contributed by atoms with van der Waals surface area (Å²) in [5.41, 5.74) is 2.44. The first kappa shape index (κ1) is 11.8. The minimum absolute atomic E-state index is 0. The van der Waals surface area contributed by atoms with E-state index in [0.29, 0.717) is 6.04 Å². The van der Waals surface area contributed by atoms with Crippen LogP contribution in [0.2, 0.25) is 5.02 Å². The zero-order chi connectivity index (χ0) is 9.26. The molecule has 0 amide bonds. The summed E-state index contributed by atoms with van der Waals surface area (Å²) in [6.07, 6.45) is 2.47. The van der Waals surface area contributed by atoms with Gasteiger partial charge in [-0.05, 0) is 37.4 Å². The van der Waals surface area contributed by atoms with Gasteiger partial charge in [0.1, 0.15) is 0 Å². The maximum Gasteiger partial charge on any atom is 0.0482 e. The van der Waals surface area contributed by atoms with Crippen molar-refractivity contribution in [3.63, 3.8) is 0 Å². The Morgan fingerprint density at radius 1 is 1.43 bits per heavy atom. The van der Waals surface area contributed by atoms with Crippen LogP contribution >= 0.6 is 24.0 Å². The quantitative estimate of drug-likeness (QED) is 0.781. The zero-order valence-corrected chi connectivity index (χ0v) is 9.79. The molecule has 1 aromatic rings. The molecule has 1 nitrogen and oxygen atoms in total. The number of rotatable bonds is 1. The molecule has 0 radical (unpaired) electrons. The molecule has 0 bridgehead atoms. The van der Waals surface area contributed by atoms with E-state index in [2.05, 4.69) is 30.4 Å². The van der Waals surface area contributed by atoms with Crippen LogP contribution in [-0.2, 0) is 0 Å². The monoisotopic (exact) mass is 231 g/mol. The number of benzene rings is 1. The second kappa shape index (κ2) is 5.01. The summed E-state index contributed by atoms with van der Waals surface area (Å²) in [5.74, 6) is 0. The van der Waals surface area contributed by atoms with E-state index in [1.807, 2.05) is 0 Å². The SMILES string of the molecule is Cc1cccc([C@H]2CCCN2)c1Cl.Cl. The molecule has 2 rings (SSSR count). The molecule has 78 valence electrons. The third-order valence-electron chi connectivity index (χ3n) is 2.66. The van der Waals surface area contributed by atoms with Crippen LogP contribution in [0.15, 0.2) is 18.2 Å². The lowest BCUT2D eigenvalue weighted by atomic mass is 10.0. The second-order valence-electron chi connectivity index (χ2n) is 3.63. The standard InChI is InChI=1S/C11H14ClN.ClH/c1-8-4-2-5-9(11(8)12)10-6-3-7-13-10;/h2,4-5,10,13H,3,6-7H2,1H3;1H/t10-;/m1./s1. The molecule has 0 unspecified atom stereocenters. The second-order valence-corrected chi connectivity index (χ2v) is 4.01. The smallest absolute Gasteiger partial charge is 0.0482 e. The number of nitrogens with one attached hydrogen (secondary N) is 1. The van der Waals surface area contributed by atoms with Gasteiger partial charge in [0.05, 0.1) is 0 Å². The van der Waals surface area contributed by atoms with Crippen molar-refractivity contribution in [2.24, 2.45) is 0 Å². The Bertz CT molecular complexity index is 306. The summed E-state index contributed by atoms with van der Waals surface area (Å²) >= 11 is 6.23. The molecule has 1 saturated heterocycles. The summed E-state index contributed by atoms with van der Waals surface area (Å²) in [5, 5.41) is 4.39. The van der Waals surface area contributed by atoms with E-state index >= 15 is 0 Å². The van der Waals surface area contributed by atoms with E-state index < -0.39 is 0 Å². The molecule has 1 N–H and O–H groups in total. The van der Waals surface area contributed by atoms with Crippen molar-refractivity contribution >= 4 is 24.0 Å². The molecule has 14 heavy (non-hydrogen) atoms. The predicted molar refractivity (Wildman–Crippen MR) is 63.4 cm³/mol. The Hall–Kier alpha value is -0.240. The third kappa shape index (κ3) is 2.22. The molecule has 1 atom stereocenters. The maximum atomic E-state index is 6.23. The van der Waals surface area contributed by atoms with Gasteiger partial charge in [-0.2, -0.15) is 0 Å². The van der Waals surface area contributed by atoms with Crippen LogP contribution in [0.25, 0.3) is 0 Å². The fraction of sp³-hybridized carbons (Fsp3) is 0.455. The normalized spacial score (nSPS) is 20.6. The molecule has 0 spiro atoms. The Kier molecular flexibility index (Phi) is 4.24. The fourth-order valence-corrected chi connectivity index (χ4v) is 2.15. The molecule has 1 heterocycles. The Morgan fingerprint density at radius 3 is 2.86 bits per heavy atom. The molecule has 1 aromatic carbocycles. The van der Waals surface area contributed by atoms with Gasteiger partial charge in [0.15, 0.2) is 0 Å². The highest BCUT2D eigenvalue weighted by molar-refractivity contribution is 6.32. The van der Waals surface area contributed by atoms with Crippen LogP contribution in [0.1, 0.15) is 30.0 Å². The van der Waals surface area contributed by atoms with Crippen LogP contribution in [-0.4, -0.2) is 6.54 Å². The van der Waals surface area contributed by atoms with Gasteiger partial charge in [-0.15, -0.1) is 12.4 Å². The van der Waals surface area contributed by atoms with Gasteiger partial charge in [0.25, 0.3) is 0 Å². The average molecular weight is 232 g/mol. The van der Waals surface area contributed by atoms with E-state index in [-0.39, 0.29) is 12.4 Å². The van der Waals surface area contributed by atoms with Crippen molar-refractivity contribution in [2.75, 3.05) is 6.54 Å². The van der Waals surface area contributed by atoms with Crippen molar-refractivity contribution in [2.45, 2.75) is 25.8 Å². The average Bonchev–Trinajstić information content (AvgIpc) is 2.62. The Labute approximate surface area is 96.3 Å². The molecule has 1 aliphatic heterocycles. The third-order valence-corrected chi connectivity index (χ3v) is 3.17. The first-order valence-corrected chi connectivity index (χ1v) is 5.15. The Morgan fingerprint density at radius 2 is 2.21 bits per heavy atom. The molecule has 0 aromatic heterocycles. The van der Waals surface area contributed by atoms with E-state index in [0.717, 1.165) is 11.6 Å². The van der Waals surface area contributed by atoms with Crippen LogP contribution in [0.3, 0.4) is 0 Å². The van der Waals surface area contributed by atoms with Gasteiger partial charge in [-0.1, -0.05) is 29.8 Å². The van der Waals surface area contributed by atoms with Crippen LogP contribution in [0.4, 0.5) is 0 Å². The predicted octanol–water partition coefficient (Wildman–Crippen LogP) is 3.49. The highest BCUT2D eigenvalue weighted by Gasteiger charge is 2.18. The van der Waals surface area contributed by atoms with Gasteiger partial charge in [0, 0.05) is 11.1 Å². The van der Waals surface area contributed by atoms with Crippen LogP contribution < -0.4 is 5.32 Å².